The lowest BCUT2D eigenvalue weighted by Gasteiger charge is -2.12. The van der Waals surface area contributed by atoms with Crippen molar-refractivity contribution in [1.82, 2.24) is 4.90 Å². The van der Waals surface area contributed by atoms with Gasteiger partial charge in [-0.15, -0.1) is 5.10 Å². The van der Waals surface area contributed by atoms with Crippen LogP contribution in [0.2, 0.25) is 0 Å². The van der Waals surface area contributed by atoms with Gasteiger partial charge in [0.2, 0.25) is 0 Å². The van der Waals surface area contributed by atoms with Gasteiger partial charge in [0.05, 0.1) is 38.1 Å². The van der Waals surface area contributed by atoms with Gasteiger partial charge in [0.1, 0.15) is 5.76 Å². The number of furan rings is 1. The van der Waals surface area contributed by atoms with Crippen LogP contribution in [-0.2, 0) is 11.3 Å². The highest BCUT2D eigenvalue weighted by molar-refractivity contribution is 8.18. The molecule has 0 N–H and O–H groups in total. The summed E-state index contributed by atoms with van der Waals surface area (Å²) in [5.74, 6) is 1.73. The molecule has 2 aromatic carbocycles. The Labute approximate surface area is 202 Å². The second-order valence-electron chi connectivity index (χ2n) is 7.12. The van der Waals surface area contributed by atoms with E-state index in [-0.39, 0.29) is 12.5 Å². The molecule has 0 radical (unpaired) electrons. The van der Waals surface area contributed by atoms with Gasteiger partial charge in [-0.25, -0.2) is 0 Å². The molecule has 4 rings (SSSR count). The molecule has 1 aliphatic heterocycles. The Morgan fingerprint density at radius 1 is 1.00 bits per heavy atom. The third kappa shape index (κ3) is 5.65. The fourth-order valence-corrected chi connectivity index (χ4v) is 4.07. The highest BCUT2D eigenvalue weighted by Crippen LogP contribution is 2.32. The summed E-state index contributed by atoms with van der Waals surface area (Å²) in [4.78, 5) is 15.2. The van der Waals surface area contributed by atoms with Crippen molar-refractivity contribution in [2.45, 2.75) is 6.54 Å². The number of amidine groups is 1. The van der Waals surface area contributed by atoms with Gasteiger partial charge in [-0.1, -0.05) is 42.5 Å². The molecular formula is C26H23N3O4S. The molecule has 172 valence electrons. The van der Waals surface area contributed by atoms with Crippen LogP contribution in [0.15, 0.2) is 98.6 Å². The molecule has 1 fully saturated rings. The van der Waals surface area contributed by atoms with E-state index in [1.165, 1.54) is 11.8 Å². The molecule has 8 heteroatoms. The molecule has 2 heterocycles. The summed E-state index contributed by atoms with van der Waals surface area (Å²) in [6.45, 7) is 0.267. The largest absolute Gasteiger partial charge is 0.493 e. The van der Waals surface area contributed by atoms with Crippen molar-refractivity contribution in [2.75, 3.05) is 14.2 Å². The lowest BCUT2D eigenvalue weighted by Crippen LogP contribution is -2.28. The third-order valence-electron chi connectivity index (χ3n) is 4.88. The maximum absolute atomic E-state index is 13.1. The normalized spacial score (nSPS) is 16.4. The monoisotopic (exact) mass is 473 g/mol. The first kappa shape index (κ1) is 23.1. The number of ether oxygens (including phenoxy) is 2. The van der Waals surface area contributed by atoms with Crippen LogP contribution in [0.4, 0.5) is 0 Å². The Morgan fingerprint density at radius 2 is 1.82 bits per heavy atom. The van der Waals surface area contributed by atoms with E-state index in [4.69, 9.17) is 13.9 Å². The molecule has 0 unspecified atom stereocenters. The standard InChI is InChI=1S/C26H23N3O4S/c1-31-22-14-13-20(16-23(22)32-2)17-27-28-26-29(18-21-11-7-15-33-21)25(30)24(34-26)12-6-10-19-8-4-3-5-9-19/h3-17H,18H2,1-2H3/b10-6+,24-12-,27-17-,28-26+. The van der Waals surface area contributed by atoms with Crippen molar-refractivity contribution >= 4 is 35.1 Å². The summed E-state index contributed by atoms with van der Waals surface area (Å²) in [5.41, 5.74) is 1.84. The lowest BCUT2D eigenvalue weighted by atomic mass is 10.2. The summed E-state index contributed by atoms with van der Waals surface area (Å²) in [5, 5.41) is 9.00. The zero-order chi connectivity index (χ0) is 23.8. The summed E-state index contributed by atoms with van der Waals surface area (Å²) in [7, 11) is 3.16. The zero-order valence-corrected chi connectivity index (χ0v) is 19.6. The Balaban J connectivity index is 1.56. The minimum absolute atomic E-state index is 0.154. The minimum atomic E-state index is -0.154. The number of rotatable bonds is 8. The Morgan fingerprint density at radius 3 is 2.56 bits per heavy atom. The van der Waals surface area contributed by atoms with Crippen molar-refractivity contribution in [3.05, 3.63) is 101 Å². The number of amides is 1. The molecule has 0 spiro atoms. The molecule has 34 heavy (non-hydrogen) atoms. The van der Waals surface area contributed by atoms with E-state index >= 15 is 0 Å². The fraction of sp³-hybridized carbons (Fsp3) is 0.115. The summed E-state index contributed by atoms with van der Waals surface area (Å²) >= 11 is 1.27. The van der Waals surface area contributed by atoms with Crippen LogP contribution in [0.25, 0.3) is 6.08 Å². The topological polar surface area (TPSA) is 76.6 Å². The number of methoxy groups -OCH3 is 2. The number of benzene rings is 2. The third-order valence-corrected chi connectivity index (χ3v) is 5.89. The Kier molecular flexibility index (Phi) is 7.62. The molecule has 0 atom stereocenters. The second kappa shape index (κ2) is 11.2. The van der Waals surface area contributed by atoms with E-state index in [2.05, 4.69) is 10.2 Å². The van der Waals surface area contributed by atoms with Crippen molar-refractivity contribution in [3.63, 3.8) is 0 Å². The molecule has 1 aliphatic rings. The van der Waals surface area contributed by atoms with E-state index in [0.29, 0.717) is 27.3 Å². The van der Waals surface area contributed by atoms with Gasteiger partial charge in [0.15, 0.2) is 16.7 Å². The molecule has 0 saturated carbocycles. The van der Waals surface area contributed by atoms with Crippen LogP contribution in [0.5, 0.6) is 11.5 Å². The van der Waals surface area contributed by atoms with Gasteiger partial charge in [-0.05, 0) is 59.3 Å². The average molecular weight is 474 g/mol. The molecule has 1 saturated heterocycles. The Hall–Kier alpha value is -4.04. The van der Waals surface area contributed by atoms with E-state index in [1.54, 1.807) is 55.9 Å². The van der Waals surface area contributed by atoms with Gasteiger partial charge < -0.3 is 13.9 Å². The van der Waals surface area contributed by atoms with Gasteiger partial charge in [0, 0.05) is 0 Å². The van der Waals surface area contributed by atoms with Crippen molar-refractivity contribution in [2.24, 2.45) is 10.2 Å². The summed E-state index contributed by atoms with van der Waals surface area (Å²) in [6.07, 6.45) is 8.77. The first-order valence-corrected chi connectivity index (χ1v) is 11.3. The second-order valence-corrected chi connectivity index (χ2v) is 8.12. The van der Waals surface area contributed by atoms with Gasteiger partial charge in [0.25, 0.3) is 5.91 Å². The maximum atomic E-state index is 13.1. The number of nitrogens with zero attached hydrogens (tertiary/aromatic N) is 3. The molecule has 7 nitrogen and oxygen atoms in total. The highest BCUT2D eigenvalue weighted by Gasteiger charge is 2.33. The number of hydrogen-bond donors (Lipinski definition) is 0. The molecule has 0 aliphatic carbocycles. The minimum Gasteiger partial charge on any atom is -0.493 e. The van der Waals surface area contributed by atoms with Crippen LogP contribution in [0, 0.1) is 0 Å². The van der Waals surface area contributed by atoms with Crippen LogP contribution in [0.3, 0.4) is 0 Å². The highest BCUT2D eigenvalue weighted by atomic mass is 32.2. The molecule has 1 amide bonds. The predicted molar refractivity (Wildman–Crippen MR) is 135 cm³/mol. The fourth-order valence-electron chi connectivity index (χ4n) is 3.18. The van der Waals surface area contributed by atoms with Crippen LogP contribution >= 0.6 is 11.8 Å². The molecule has 1 aromatic heterocycles. The molecule has 0 bridgehead atoms. The number of thioether (sulfide) groups is 1. The summed E-state index contributed by atoms with van der Waals surface area (Å²) < 4.78 is 16.0. The van der Waals surface area contributed by atoms with Crippen molar-refractivity contribution in [1.29, 1.82) is 0 Å². The van der Waals surface area contributed by atoms with E-state index in [9.17, 15) is 4.79 Å². The van der Waals surface area contributed by atoms with E-state index < -0.39 is 0 Å². The van der Waals surface area contributed by atoms with E-state index in [0.717, 1.165) is 11.1 Å². The quantitative estimate of drug-likeness (QED) is 0.250. The SMILES string of the molecule is COc1ccc(/C=N\N=C2\S/C(=C\C=C\c3ccccc3)C(=O)N2Cc2ccco2)cc1OC. The molecule has 3 aromatic rings. The number of hydrogen-bond acceptors (Lipinski definition) is 7. The lowest BCUT2D eigenvalue weighted by molar-refractivity contribution is -0.122. The van der Waals surface area contributed by atoms with E-state index in [1.807, 2.05) is 54.6 Å². The molecular weight excluding hydrogens is 450 g/mol. The van der Waals surface area contributed by atoms with Gasteiger partial charge in [-0.2, -0.15) is 5.10 Å². The first-order valence-electron chi connectivity index (χ1n) is 10.5. The van der Waals surface area contributed by atoms with Crippen LogP contribution in [0.1, 0.15) is 16.9 Å². The Bertz CT molecular complexity index is 1250. The number of carbonyl (C=O) groups excluding carboxylic acids is 1. The smallest absolute Gasteiger partial charge is 0.267 e. The van der Waals surface area contributed by atoms with Crippen molar-refractivity contribution in [3.8, 4) is 11.5 Å². The first-order chi connectivity index (χ1) is 16.7. The maximum Gasteiger partial charge on any atom is 0.267 e. The van der Waals surface area contributed by atoms with Gasteiger partial charge >= 0.3 is 0 Å². The number of carbonyl (C=O) groups is 1. The van der Waals surface area contributed by atoms with Crippen molar-refractivity contribution < 1.29 is 18.7 Å². The average Bonchev–Trinajstić information content (AvgIpc) is 3.49. The summed E-state index contributed by atoms with van der Waals surface area (Å²) in [6, 6.07) is 18.9. The predicted octanol–water partition coefficient (Wildman–Crippen LogP) is 5.36. The van der Waals surface area contributed by atoms with Crippen LogP contribution < -0.4 is 9.47 Å². The van der Waals surface area contributed by atoms with Gasteiger partial charge in [-0.3, -0.25) is 9.69 Å². The number of allylic oxidation sites excluding steroid dienone is 2. The zero-order valence-electron chi connectivity index (χ0n) is 18.8. The van der Waals surface area contributed by atoms with Crippen LogP contribution in [-0.4, -0.2) is 36.4 Å².